The van der Waals surface area contributed by atoms with Crippen molar-refractivity contribution < 1.29 is 14.3 Å². The van der Waals surface area contributed by atoms with Gasteiger partial charge in [0.05, 0.1) is 23.9 Å². The lowest BCUT2D eigenvalue weighted by Gasteiger charge is -2.33. The molecular weight excluding hydrogens is 468 g/mol. The zero-order valence-electron chi connectivity index (χ0n) is 20.8. The van der Waals surface area contributed by atoms with E-state index < -0.39 is 6.29 Å². The summed E-state index contributed by atoms with van der Waals surface area (Å²) in [6.45, 7) is 9.38. The lowest BCUT2D eigenvalue weighted by molar-refractivity contribution is -0.120. The monoisotopic (exact) mass is 502 g/mol. The van der Waals surface area contributed by atoms with Gasteiger partial charge in [-0.2, -0.15) is 0 Å². The van der Waals surface area contributed by atoms with Gasteiger partial charge in [-0.3, -0.25) is 9.78 Å². The average Bonchev–Trinajstić information content (AvgIpc) is 3.12. The molecule has 1 aliphatic rings. The van der Waals surface area contributed by atoms with E-state index in [-0.39, 0.29) is 18.6 Å². The number of amides is 3. The van der Waals surface area contributed by atoms with E-state index in [1.165, 1.54) is 11.1 Å². The molecule has 9 nitrogen and oxygen atoms in total. The number of urea groups is 1. The van der Waals surface area contributed by atoms with Crippen LogP contribution in [0.5, 0.6) is 0 Å². The Morgan fingerprint density at radius 2 is 2.06 bits per heavy atom. The zero-order valence-corrected chi connectivity index (χ0v) is 21.6. The minimum atomic E-state index is -0.796. The van der Waals surface area contributed by atoms with Gasteiger partial charge in [0.15, 0.2) is 6.29 Å². The van der Waals surface area contributed by atoms with Crippen LogP contribution in [-0.4, -0.2) is 72.9 Å². The second kappa shape index (κ2) is 12.6. The fourth-order valence-corrected chi connectivity index (χ4v) is 3.89. The Kier molecular flexibility index (Phi) is 9.56. The van der Waals surface area contributed by atoms with Crippen molar-refractivity contribution in [3.8, 4) is 0 Å². The molecule has 3 rings (SSSR count). The van der Waals surface area contributed by atoms with Gasteiger partial charge in [-0.1, -0.05) is 11.6 Å². The minimum Gasteiger partial charge on any atom is -0.380 e. The molecule has 10 heteroatoms. The van der Waals surface area contributed by atoms with Gasteiger partial charge in [-0.25, -0.2) is 4.79 Å². The number of halogens is 1. The second-order valence-electron chi connectivity index (χ2n) is 8.90. The van der Waals surface area contributed by atoms with Crippen molar-refractivity contribution in [2.45, 2.75) is 46.1 Å². The number of carbonyl (C=O) groups excluding carboxylic acids is 2. The molecule has 1 saturated heterocycles. The van der Waals surface area contributed by atoms with Crippen LogP contribution in [0, 0.1) is 6.92 Å². The number of carbonyl (C=O) groups is 2. The molecule has 0 radical (unpaired) electrons. The summed E-state index contributed by atoms with van der Waals surface area (Å²) in [6, 6.07) is 9.22. The smallest absolute Gasteiger partial charge is 0.320 e. The number of hydrogen-bond acceptors (Lipinski definition) is 6. The molecule has 2 heterocycles. The summed E-state index contributed by atoms with van der Waals surface area (Å²) in [6.07, 6.45) is 2.42. The predicted octanol–water partition coefficient (Wildman–Crippen LogP) is 3.67. The molecule has 0 bridgehead atoms. The largest absolute Gasteiger partial charge is 0.380 e. The lowest BCUT2D eigenvalue weighted by Crippen LogP contribution is -2.55. The molecule has 2 aromatic rings. The SMILES string of the molecule is Cc1cc(N[C@H](NC(=O)N(C)C(C)C)N(C=O)Cc2ccc(Cl)cn2)ccc1N1CCCOCC1. The van der Waals surface area contributed by atoms with Crippen LogP contribution in [0.3, 0.4) is 0 Å². The van der Waals surface area contributed by atoms with Gasteiger partial charge < -0.3 is 30.1 Å². The quantitative estimate of drug-likeness (QED) is 0.401. The number of hydrogen-bond donors (Lipinski definition) is 2. The Morgan fingerprint density at radius 1 is 1.26 bits per heavy atom. The van der Waals surface area contributed by atoms with Gasteiger partial charge in [0.2, 0.25) is 6.41 Å². The van der Waals surface area contributed by atoms with E-state index in [9.17, 15) is 9.59 Å². The zero-order chi connectivity index (χ0) is 25.4. The molecule has 0 spiro atoms. The van der Waals surface area contributed by atoms with Crippen LogP contribution in [0.4, 0.5) is 16.2 Å². The Hall–Kier alpha value is -3.04. The summed E-state index contributed by atoms with van der Waals surface area (Å²) >= 11 is 5.95. The molecule has 1 aliphatic heterocycles. The van der Waals surface area contributed by atoms with Crippen molar-refractivity contribution in [3.63, 3.8) is 0 Å². The number of benzene rings is 1. The minimum absolute atomic E-state index is 0.00241. The number of aromatic nitrogens is 1. The number of anilines is 2. The van der Waals surface area contributed by atoms with Crippen molar-refractivity contribution in [2.75, 3.05) is 43.6 Å². The van der Waals surface area contributed by atoms with Crippen molar-refractivity contribution >= 4 is 35.4 Å². The Morgan fingerprint density at radius 3 is 2.71 bits per heavy atom. The predicted molar refractivity (Wildman–Crippen MR) is 139 cm³/mol. The average molecular weight is 503 g/mol. The van der Waals surface area contributed by atoms with Crippen LogP contribution in [0.25, 0.3) is 0 Å². The fourth-order valence-electron chi connectivity index (χ4n) is 3.78. The molecule has 0 saturated carbocycles. The molecule has 0 unspecified atom stereocenters. The molecular formula is C25H35ClN6O3. The van der Waals surface area contributed by atoms with E-state index in [0.717, 1.165) is 43.1 Å². The molecule has 1 atom stereocenters. The first-order chi connectivity index (χ1) is 16.8. The number of nitrogens with one attached hydrogen (secondary N) is 2. The van der Waals surface area contributed by atoms with Gasteiger partial charge in [-0.15, -0.1) is 0 Å². The first-order valence-electron chi connectivity index (χ1n) is 11.8. The molecule has 35 heavy (non-hydrogen) atoms. The highest BCUT2D eigenvalue weighted by molar-refractivity contribution is 6.30. The van der Waals surface area contributed by atoms with Crippen LogP contribution in [0.2, 0.25) is 5.02 Å². The van der Waals surface area contributed by atoms with Crippen molar-refractivity contribution in [1.29, 1.82) is 0 Å². The third-order valence-corrected chi connectivity index (χ3v) is 6.24. The highest BCUT2D eigenvalue weighted by atomic mass is 35.5. The highest BCUT2D eigenvalue weighted by Crippen LogP contribution is 2.25. The van der Waals surface area contributed by atoms with E-state index in [1.807, 2.05) is 26.0 Å². The summed E-state index contributed by atoms with van der Waals surface area (Å²) in [5, 5.41) is 6.75. The van der Waals surface area contributed by atoms with Gasteiger partial charge >= 0.3 is 6.03 Å². The summed E-state index contributed by atoms with van der Waals surface area (Å²) in [7, 11) is 1.72. The van der Waals surface area contributed by atoms with E-state index >= 15 is 0 Å². The third-order valence-electron chi connectivity index (χ3n) is 6.02. The molecule has 2 N–H and O–H groups in total. The van der Waals surface area contributed by atoms with E-state index in [1.54, 1.807) is 24.1 Å². The molecule has 190 valence electrons. The van der Waals surface area contributed by atoms with Gasteiger partial charge in [0.1, 0.15) is 0 Å². The number of ether oxygens (including phenoxy) is 1. The Bertz CT molecular complexity index is 980. The first kappa shape index (κ1) is 26.6. The van der Waals surface area contributed by atoms with Crippen LogP contribution in [0.1, 0.15) is 31.5 Å². The van der Waals surface area contributed by atoms with E-state index in [2.05, 4.69) is 33.5 Å². The lowest BCUT2D eigenvalue weighted by atomic mass is 10.1. The summed E-state index contributed by atoms with van der Waals surface area (Å²) in [5.74, 6) is 0. The topological polar surface area (TPSA) is 90.0 Å². The van der Waals surface area contributed by atoms with E-state index in [0.29, 0.717) is 23.7 Å². The second-order valence-corrected chi connectivity index (χ2v) is 9.34. The first-order valence-corrected chi connectivity index (χ1v) is 12.2. The summed E-state index contributed by atoms with van der Waals surface area (Å²) in [5.41, 5.74) is 3.68. The number of nitrogens with zero attached hydrogens (tertiary/aromatic N) is 4. The van der Waals surface area contributed by atoms with E-state index in [4.69, 9.17) is 16.3 Å². The third kappa shape index (κ3) is 7.47. The summed E-state index contributed by atoms with van der Waals surface area (Å²) < 4.78 is 5.58. The molecule has 1 fully saturated rings. The van der Waals surface area contributed by atoms with Gasteiger partial charge in [-0.05, 0) is 63.1 Å². The van der Waals surface area contributed by atoms with Crippen LogP contribution in [0.15, 0.2) is 36.5 Å². The molecule has 3 amide bonds. The van der Waals surface area contributed by atoms with Crippen LogP contribution < -0.4 is 15.5 Å². The molecule has 0 aliphatic carbocycles. The fraction of sp³-hybridized carbons (Fsp3) is 0.480. The highest BCUT2D eigenvalue weighted by Gasteiger charge is 2.23. The van der Waals surface area contributed by atoms with Crippen LogP contribution >= 0.6 is 11.6 Å². The van der Waals surface area contributed by atoms with Gasteiger partial charge in [0, 0.05) is 50.4 Å². The standard InChI is InChI=1S/C25H35ClN6O3/c1-18(2)30(4)25(34)29-24(32(17-33)16-22-7-6-20(26)15-27-22)28-21-8-9-23(19(3)14-21)31-10-5-12-35-13-11-31/h6-9,14-15,17-18,24,28H,5,10-13,16H2,1-4H3,(H,29,34)/t24-/m1/s1. The Balaban J connectivity index is 1.82. The molecule has 1 aromatic carbocycles. The maximum Gasteiger partial charge on any atom is 0.320 e. The maximum absolute atomic E-state index is 12.8. The normalized spacial score (nSPS) is 14.7. The number of rotatable bonds is 9. The number of pyridine rings is 1. The Labute approximate surface area is 212 Å². The van der Waals surface area contributed by atoms with Crippen molar-refractivity contribution in [2.24, 2.45) is 0 Å². The van der Waals surface area contributed by atoms with Crippen LogP contribution in [-0.2, 0) is 16.1 Å². The summed E-state index contributed by atoms with van der Waals surface area (Å²) in [4.78, 5) is 34.6. The molecule has 1 aromatic heterocycles. The number of aryl methyl sites for hydroxylation is 1. The van der Waals surface area contributed by atoms with Crippen molar-refractivity contribution in [1.82, 2.24) is 20.1 Å². The van der Waals surface area contributed by atoms with Crippen molar-refractivity contribution in [3.05, 3.63) is 52.8 Å². The van der Waals surface area contributed by atoms with Gasteiger partial charge in [0.25, 0.3) is 0 Å². The maximum atomic E-state index is 12.8.